The number of benzene rings is 3. The van der Waals surface area contributed by atoms with Crippen LogP contribution in [0.25, 0.3) is 22.3 Å². The van der Waals surface area contributed by atoms with E-state index in [9.17, 15) is 5.11 Å². The summed E-state index contributed by atoms with van der Waals surface area (Å²) in [6, 6.07) is 22.7. The molecule has 0 saturated heterocycles. The Hall–Kier alpha value is -3.06. The van der Waals surface area contributed by atoms with Gasteiger partial charge in [0.15, 0.2) is 0 Å². The van der Waals surface area contributed by atoms with E-state index in [2.05, 4.69) is 52.8 Å². The number of hydrogen-bond acceptors (Lipinski definition) is 1. The number of aryl methyl sites for hydroxylation is 1. The zero-order valence-corrected chi connectivity index (χ0v) is 17.9. The highest BCUT2D eigenvalue weighted by molar-refractivity contribution is 5.84. The van der Waals surface area contributed by atoms with Crippen molar-refractivity contribution in [1.29, 1.82) is 0 Å². The molecule has 4 rings (SSSR count). The third-order valence-electron chi connectivity index (χ3n) is 6.54. The van der Waals surface area contributed by atoms with E-state index in [-0.39, 0.29) is 5.92 Å². The van der Waals surface area contributed by atoms with Crippen LogP contribution in [0.1, 0.15) is 44.7 Å². The molecule has 1 nitrogen and oxygen atoms in total. The maximum atomic E-state index is 11.2. The first-order valence-electron chi connectivity index (χ1n) is 10.2. The van der Waals surface area contributed by atoms with Gasteiger partial charge in [0.05, 0.1) is 0 Å². The topological polar surface area (TPSA) is 20.2 Å². The van der Waals surface area contributed by atoms with Crippen molar-refractivity contribution < 1.29 is 5.11 Å². The van der Waals surface area contributed by atoms with Gasteiger partial charge in [0.1, 0.15) is 5.75 Å². The van der Waals surface area contributed by atoms with Gasteiger partial charge in [-0.05, 0) is 62.5 Å². The third-order valence-corrected chi connectivity index (χ3v) is 6.54. The van der Waals surface area contributed by atoms with E-state index in [1.807, 2.05) is 48.5 Å². The summed E-state index contributed by atoms with van der Waals surface area (Å²) in [7, 11) is 0. The molecule has 0 spiro atoms. The van der Waals surface area contributed by atoms with Crippen LogP contribution in [0.4, 0.5) is 0 Å². The molecule has 1 aliphatic carbocycles. The van der Waals surface area contributed by atoms with E-state index in [0.717, 1.165) is 22.3 Å². The number of allylic oxidation sites excluding steroid dienone is 4. The number of aromatic hydroxyl groups is 1. The van der Waals surface area contributed by atoms with E-state index in [0.29, 0.717) is 5.75 Å². The largest absolute Gasteiger partial charge is 0.507 e. The quantitative estimate of drug-likeness (QED) is 0.491. The molecule has 0 unspecified atom stereocenters. The molecule has 0 aromatic heterocycles. The van der Waals surface area contributed by atoms with Gasteiger partial charge in [0.2, 0.25) is 0 Å². The number of hydrogen-bond donors (Lipinski definition) is 1. The van der Waals surface area contributed by atoms with Crippen LogP contribution in [0.15, 0.2) is 89.0 Å². The maximum absolute atomic E-state index is 11.2. The Morgan fingerprint density at radius 2 is 1.24 bits per heavy atom. The summed E-state index contributed by atoms with van der Waals surface area (Å²) >= 11 is 0. The first-order valence-corrected chi connectivity index (χ1v) is 10.2. The second-order valence-electron chi connectivity index (χ2n) is 8.21. The molecular formula is C28H28O. The highest BCUT2D eigenvalue weighted by Gasteiger charge is 2.28. The summed E-state index contributed by atoms with van der Waals surface area (Å²) in [6.07, 6.45) is 0. The normalized spacial score (nSPS) is 14.8. The highest BCUT2D eigenvalue weighted by atomic mass is 16.3. The molecule has 3 aromatic carbocycles. The van der Waals surface area contributed by atoms with Crippen LogP contribution in [-0.2, 0) is 0 Å². The summed E-state index contributed by atoms with van der Waals surface area (Å²) in [4.78, 5) is 0. The third kappa shape index (κ3) is 3.21. The number of phenolic OH excluding ortho intramolecular Hbond substituents is 1. The standard InChI is InChI=1S/C28H28O/c1-17-14-15-24(26(16-17)27-20(4)18(2)19(3)21(27)5)25-13-9-12-23(28(25)29)22-10-7-6-8-11-22/h6-16,27,29H,1-5H3. The van der Waals surface area contributed by atoms with Crippen molar-refractivity contribution in [1.82, 2.24) is 0 Å². The van der Waals surface area contributed by atoms with Crippen molar-refractivity contribution in [3.63, 3.8) is 0 Å². The highest BCUT2D eigenvalue weighted by Crippen LogP contribution is 2.48. The minimum absolute atomic E-state index is 0.268. The zero-order chi connectivity index (χ0) is 20.7. The Labute approximate surface area is 174 Å². The van der Waals surface area contributed by atoms with Crippen LogP contribution in [0.5, 0.6) is 5.75 Å². The first-order chi connectivity index (χ1) is 13.9. The molecular weight excluding hydrogens is 352 g/mol. The van der Waals surface area contributed by atoms with Crippen molar-refractivity contribution in [3.05, 3.63) is 100 Å². The lowest BCUT2D eigenvalue weighted by Crippen LogP contribution is -2.03. The van der Waals surface area contributed by atoms with Gasteiger partial charge in [-0.25, -0.2) is 0 Å². The number of para-hydroxylation sites is 1. The minimum atomic E-state index is 0.268. The Balaban J connectivity index is 1.93. The summed E-state index contributed by atoms with van der Waals surface area (Å²) in [5.41, 5.74) is 12.0. The summed E-state index contributed by atoms with van der Waals surface area (Å²) in [6.45, 7) is 11.1. The zero-order valence-electron chi connectivity index (χ0n) is 17.9. The van der Waals surface area contributed by atoms with E-state index in [4.69, 9.17) is 0 Å². The first kappa shape index (κ1) is 19.3. The van der Waals surface area contributed by atoms with E-state index < -0.39 is 0 Å². The lowest BCUT2D eigenvalue weighted by molar-refractivity contribution is 0.479. The molecule has 0 saturated carbocycles. The van der Waals surface area contributed by atoms with E-state index in [1.54, 1.807) is 0 Å². The molecule has 0 fully saturated rings. The van der Waals surface area contributed by atoms with Crippen molar-refractivity contribution in [2.24, 2.45) is 0 Å². The monoisotopic (exact) mass is 380 g/mol. The molecule has 0 atom stereocenters. The Kier molecular flexibility index (Phi) is 4.92. The number of rotatable bonds is 3. The maximum Gasteiger partial charge on any atom is 0.131 e. The molecule has 1 heteroatoms. The molecule has 0 bridgehead atoms. The molecule has 0 radical (unpaired) electrons. The minimum Gasteiger partial charge on any atom is -0.507 e. The molecule has 1 aliphatic rings. The van der Waals surface area contributed by atoms with Gasteiger partial charge < -0.3 is 5.11 Å². The van der Waals surface area contributed by atoms with Gasteiger partial charge in [-0.3, -0.25) is 0 Å². The van der Waals surface area contributed by atoms with Crippen molar-refractivity contribution >= 4 is 0 Å². The van der Waals surface area contributed by atoms with Crippen molar-refractivity contribution in [2.45, 2.75) is 40.5 Å². The van der Waals surface area contributed by atoms with Gasteiger partial charge in [-0.15, -0.1) is 0 Å². The average molecular weight is 381 g/mol. The average Bonchev–Trinajstić information content (AvgIpc) is 2.92. The van der Waals surface area contributed by atoms with Crippen LogP contribution >= 0.6 is 0 Å². The predicted octanol–water partition coefficient (Wildman–Crippen LogP) is 7.80. The molecule has 29 heavy (non-hydrogen) atoms. The van der Waals surface area contributed by atoms with Crippen molar-refractivity contribution in [2.75, 3.05) is 0 Å². The van der Waals surface area contributed by atoms with E-state index >= 15 is 0 Å². The van der Waals surface area contributed by atoms with E-state index in [1.165, 1.54) is 33.4 Å². The smallest absolute Gasteiger partial charge is 0.131 e. The van der Waals surface area contributed by atoms with Crippen LogP contribution in [-0.4, -0.2) is 5.11 Å². The summed E-state index contributed by atoms with van der Waals surface area (Å²) in [5, 5.41) is 11.2. The van der Waals surface area contributed by atoms with Crippen LogP contribution in [0.2, 0.25) is 0 Å². The van der Waals surface area contributed by atoms with Crippen LogP contribution < -0.4 is 0 Å². The fourth-order valence-electron chi connectivity index (χ4n) is 4.59. The molecule has 3 aromatic rings. The summed E-state index contributed by atoms with van der Waals surface area (Å²) in [5.74, 6) is 0.614. The SMILES string of the molecule is CC1=C(C)C(c2cc(C)ccc2-c2cccc(-c3ccccc3)c2O)C(C)=C1C. The van der Waals surface area contributed by atoms with Crippen LogP contribution in [0.3, 0.4) is 0 Å². The predicted molar refractivity (Wildman–Crippen MR) is 123 cm³/mol. The molecule has 146 valence electrons. The molecule has 0 heterocycles. The van der Waals surface area contributed by atoms with Gasteiger partial charge >= 0.3 is 0 Å². The van der Waals surface area contributed by atoms with Crippen LogP contribution in [0, 0.1) is 6.92 Å². The molecule has 0 aliphatic heterocycles. The lowest BCUT2D eigenvalue weighted by Gasteiger charge is -2.22. The Morgan fingerprint density at radius 1 is 0.621 bits per heavy atom. The Morgan fingerprint density at radius 3 is 1.90 bits per heavy atom. The second kappa shape index (κ2) is 7.40. The molecule has 0 amide bonds. The Bertz CT molecular complexity index is 1120. The van der Waals surface area contributed by atoms with Gasteiger partial charge in [0.25, 0.3) is 0 Å². The van der Waals surface area contributed by atoms with Crippen molar-refractivity contribution in [3.8, 4) is 28.0 Å². The van der Waals surface area contributed by atoms with Gasteiger partial charge in [-0.1, -0.05) is 83.4 Å². The van der Waals surface area contributed by atoms with Gasteiger partial charge in [0, 0.05) is 17.0 Å². The second-order valence-corrected chi connectivity index (χ2v) is 8.21. The molecule has 1 N–H and O–H groups in total. The fourth-order valence-corrected chi connectivity index (χ4v) is 4.59. The van der Waals surface area contributed by atoms with Gasteiger partial charge in [-0.2, -0.15) is 0 Å². The fraction of sp³-hybridized carbons (Fsp3) is 0.214. The number of phenols is 1. The summed E-state index contributed by atoms with van der Waals surface area (Å²) < 4.78 is 0. The lowest BCUT2D eigenvalue weighted by atomic mass is 9.82.